The SMILES string of the molecule is O=C(O[C@@H]1CO[C@H]2[C@@H]1OC[C@H]2OCc1ccccc1)c1ccc(CO)cc1. The first-order valence-electron chi connectivity index (χ1n) is 9.04. The summed E-state index contributed by atoms with van der Waals surface area (Å²) < 4.78 is 23.1. The third kappa shape index (κ3) is 4.04. The Kier molecular flexibility index (Phi) is 5.50. The molecule has 1 N–H and O–H groups in total. The van der Waals surface area contributed by atoms with Gasteiger partial charge in [-0.25, -0.2) is 4.79 Å². The highest BCUT2D eigenvalue weighted by atomic mass is 16.7. The molecule has 6 heteroatoms. The van der Waals surface area contributed by atoms with Gasteiger partial charge in [0, 0.05) is 0 Å². The lowest BCUT2D eigenvalue weighted by Crippen LogP contribution is -2.35. The van der Waals surface area contributed by atoms with Crippen molar-refractivity contribution >= 4 is 5.97 Å². The summed E-state index contributed by atoms with van der Waals surface area (Å²) in [5.74, 6) is -0.425. The van der Waals surface area contributed by atoms with E-state index in [4.69, 9.17) is 24.1 Å². The number of rotatable bonds is 6. The molecule has 4 rings (SSSR count). The molecule has 0 radical (unpaired) electrons. The predicted octanol–water partition coefficient (Wildman–Crippen LogP) is 2.09. The summed E-state index contributed by atoms with van der Waals surface area (Å²) >= 11 is 0. The second-order valence-corrected chi connectivity index (χ2v) is 6.73. The van der Waals surface area contributed by atoms with Gasteiger partial charge < -0.3 is 24.1 Å². The molecule has 2 heterocycles. The van der Waals surface area contributed by atoms with Crippen molar-refractivity contribution in [2.45, 2.75) is 37.6 Å². The molecule has 0 unspecified atom stereocenters. The van der Waals surface area contributed by atoms with E-state index in [1.165, 1.54) is 0 Å². The van der Waals surface area contributed by atoms with Crippen molar-refractivity contribution in [2.75, 3.05) is 13.2 Å². The van der Waals surface area contributed by atoms with Crippen molar-refractivity contribution < 1.29 is 28.8 Å². The molecule has 4 atom stereocenters. The van der Waals surface area contributed by atoms with Crippen molar-refractivity contribution in [1.82, 2.24) is 0 Å². The highest BCUT2D eigenvalue weighted by molar-refractivity contribution is 5.89. The molecule has 0 aliphatic carbocycles. The number of hydrogen-bond donors (Lipinski definition) is 1. The molecular formula is C21H22O6. The number of aliphatic hydroxyl groups is 1. The van der Waals surface area contributed by atoms with Crippen LogP contribution in [-0.2, 0) is 32.2 Å². The lowest BCUT2D eigenvalue weighted by molar-refractivity contribution is -0.0471. The quantitative estimate of drug-likeness (QED) is 0.785. The van der Waals surface area contributed by atoms with E-state index in [0.29, 0.717) is 25.4 Å². The minimum atomic E-state index is -0.453. The summed E-state index contributed by atoms with van der Waals surface area (Å²) in [7, 11) is 0. The number of hydrogen-bond acceptors (Lipinski definition) is 6. The number of fused-ring (bicyclic) bond motifs is 1. The third-order valence-electron chi connectivity index (χ3n) is 4.90. The first-order valence-corrected chi connectivity index (χ1v) is 9.04. The van der Waals surface area contributed by atoms with Crippen molar-refractivity contribution in [1.29, 1.82) is 0 Å². The average Bonchev–Trinajstić information content (AvgIpc) is 3.30. The summed E-state index contributed by atoms with van der Waals surface area (Å²) in [6.45, 7) is 1.14. The fourth-order valence-electron chi connectivity index (χ4n) is 3.40. The van der Waals surface area contributed by atoms with Gasteiger partial charge in [0.25, 0.3) is 0 Å². The zero-order valence-electron chi connectivity index (χ0n) is 14.8. The van der Waals surface area contributed by atoms with E-state index >= 15 is 0 Å². The van der Waals surface area contributed by atoms with E-state index in [-0.39, 0.29) is 24.9 Å². The maximum absolute atomic E-state index is 12.4. The van der Waals surface area contributed by atoms with Gasteiger partial charge >= 0.3 is 5.97 Å². The van der Waals surface area contributed by atoms with Gasteiger partial charge in [-0.2, -0.15) is 0 Å². The van der Waals surface area contributed by atoms with Gasteiger partial charge in [0.05, 0.1) is 32.0 Å². The Hall–Kier alpha value is -2.25. The Morgan fingerprint density at radius 3 is 2.30 bits per heavy atom. The van der Waals surface area contributed by atoms with E-state index in [1.807, 2.05) is 30.3 Å². The lowest BCUT2D eigenvalue weighted by atomic mass is 10.1. The number of benzene rings is 2. The summed E-state index contributed by atoms with van der Waals surface area (Å²) in [5.41, 5.74) is 2.27. The van der Waals surface area contributed by atoms with Gasteiger partial charge in [0.15, 0.2) is 6.10 Å². The first kappa shape index (κ1) is 18.1. The Morgan fingerprint density at radius 1 is 0.926 bits per heavy atom. The monoisotopic (exact) mass is 370 g/mol. The molecule has 0 aromatic heterocycles. The molecule has 2 aliphatic rings. The van der Waals surface area contributed by atoms with Crippen LogP contribution in [0.5, 0.6) is 0 Å². The molecule has 2 aromatic carbocycles. The normalized spacial score (nSPS) is 26.7. The van der Waals surface area contributed by atoms with E-state index in [2.05, 4.69) is 0 Å². The van der Waals surface area contributed by atoms with Crippen LogP contribution in [0.1, 0.15) is 21.5 Å². The van der Waals surface area contributed by atoms with Crippen molar-refractivity contribution in [3.63, 3.8) is 0 Å². The zero-order chi connectivity index (χ0) is 18.6. The first-order chi connectivity index (χ1) is 13.2. The number of esters is 1. The van der Waals surface area contributed by atoms with Crippen LogP contribution in [0.15, 0.2) is 54.6 Å². The van der Waals surface area contributed by atoms with Crippen LogP contribution in [0.4, 0.5) is 0 Å². The molecule has 2 fully saturated rings. The standard InChI is InChI=1S/C21H22O6/c22-10-14-6-8-16(9-7-14)21(23)27-18-13-26-19-17(12-25-20(18)19)24-11-15-4-2-1-3-5-15/h1-9,17-20,22H,10-13H2/t17-,18-,19-,20-/m1/s1. The van der Waals surface area contributed by atoms with Gasteiger partial charge in [-0.1, -0.05) is 42.5 Å². The van der Waals surface area contributed by atoms with Crippen LogP contribution in [0.2, 0.25) is 0 Å². The fourth-order valence-corrected chi connectivity index (χ4v) is 3.40. The van der Waals surface area contributed by atoms with Crippen molar-refractivity contribution in [3.05, 3.63) is 71.3 Å². The second kappa shape index (κ2) is 8.19. The molecule has 27 heavy (non-hydrogen) atoms. The minimum Gasteiger partial charge on any atom is -0.453 e. The van der Waals surface area contributed by atoms with Crippen molar-refractivity contribution in [3.8, 4) is 0 Å². The number of carbonyl (C=O) groups is 1. The third-order valence-corrected chi connectivity index (χ3v) is 4.90. The van der Waals surface area contributed by atoms with Crippen LogP contribution in [0.25, 0.3) is 0 Å². The second-order valence-electron chi connectivity index (χ2n) is 6.73. The average molecular weight is 370 g/mol. The minimum absolute atomic E-state index is 0.0617. The molecular weight excluding hydrogens is 348 g/mol. The Balaban J connectivity index is 1.32. The molecule has 2 saturated heterocycles. The number of ether oxygens (including phenoxy) is 4. The highest BCUT2D eigenvalue weighted by Crippen LogP contribution is 2.31. The van der Waals surface area contributed by atoms with Gasteiger partial charge in [0.2, 0.25) is 0 Å². The largest absolute Gasteiger partial charge is 0.453 e. The maximum Gasteiger partial charge on any atom is 0.338 e. The van der Waals surface area contributed by atoms with Gasteiger partial charge in [-0.3, -0.25) is 0 Å². The number of aliphatic hydroxyl groups excluding tert-OH is 1. The van der Waals surface area contributed by atoms with E-state index in [0.717, 1.165) is 11.1 Å². The van der Waals surface area contributed by atoms with Crippen LogP contribution in [0.3, 0.4) is 0 Å². The summed E-state index contributed by atoms with van der Waals surface area (Å²) in [4.78, 5) is 12.4. The molecule has 0 amide bonds. The molecule has 6 nitrogen and oxygen atoms in total. The van der Waals surface area contributed by atoms with Gasteiger partial charge in [-0.15, -0.1) is 0 Å². The van der Waals surface area contributed by atoms with Crippen LogP contribution in [0, 0.1) is 0 Å². The van der Waals surface area contributed by atoms with Crippen molar-refractivity contribution in [2.24, 2.45) is 0 Å². The topological polar surface area (TPSA) is 74.2 Å². The smallest absolute Gasteiger partial charge is 0.338 e. The molecule has 0 bridgehead atoms. The van der Waals surface area contributed by atoms with Gasteiger partial charge in [-0.05, 0) is 23.3 Å². The summed E-state index contributed by atoms with van der Waals surface area (Å²) in [5, 5.41) is 9.08. The maximum atomic E-state index is 12.4. The van der Waals surface area contributed by atoms with Crippen LogP contribution < -0.4 is 0 Å². The van der Waals surface area contributed by atoms with E-state index in [1.54, 1.807) is 24.3 Å². The molecule has 2 aromatic rings. The van der Waals surface area contributed by atoms with Gasteiger partial charge in [0.1, 0.15) is 18.3 Å². The molecule has 0 spiro atoms. The zero-order valence-corrected chi connectivity index (χ0v) is 14.8. The Bertz CT molecular complexity index is 760. The fraction of sp³-hybridized carbons (Fsp3) is 0.381. The Labute approximate surface area is 157 Å². The molecule has 0 saturated carbocycles. The molecule has 2 aliphatic heterocycles. The summed E-state index contributed by atoms with van der Waals surface area (Å²) in [6, 6.07) is 16.6. The summed E-state index contributed by atoms with van der Waals surface area (Å²) in [6.07, 6.45) is -1.18. The highest BCUT2D eigenvalue weighted by Gasteiger charge is 2.50. The van der Waals surface area contributed by atoms with Crippen LogP contribution in [-0.4, -0.2) is 48.7 Å². The van der Waals surface area contributed by atoms with Crippen LogP contribution >= 0.6 is 0 Å². The molecule has 142 valence electrons. The van der Waals surface area contributed by atoms with E-state index < -0.39 is 12.1 Å². The lowest BCUT2D eigenvalue weighted by Gasteiger charge is -2.17. The predicted molar refractivity (Wildman–Crippen MR) is 96.1 cm³/mol. The number of carbonyl (C=O) groups excluding carboxylic acids is 1. The Morgan fingerprint density at radius 2 is 1.59 bits per heavy atom. The van der Waals surface area contributed by atoms with E-state index in [9.17, 15) is 4.79 Å².